The Bertz CT molecular complexity index is 1130. The first-order chi connectivity index (χ1) is 15.0. The van der Waals surface area contributed by atoms with Crippen molar-refractivity contribution in [3.8, 4) is 10.7 Å². The van der Waals surface area contributed by atoms with Crippen molar-refractivity contribution in [2.45, 2.75) is 44.8 Å². The SMILES string of the molecule is CCCCN(C(=O)CSc1n[nH]c(-c2cccs2)n1)c1c(N)n(CCC)c(=O)[nH]c1=O. The highest BCUT2D eigenvalue weighted by Crippen LogP contribution is 2.24. The summed E-state index contributed by atoms with van der Waals surface area (Å²) in [5, 5.41) is 9.39. The van der Waals surface area contributed by atoms with E-state index in [4.69, 9.17) is 5.73 Å². The Kier molecular flexibility index (Phi) is 7.69. The van der Waals surface area contributed by atoms with Gasteiger partial charge in [-0.1, -0.05) is 38.1 Å². The Balaban J connectivity index is 1.82. The highest BCUT2D eigenvalue weighted by Gasteiger charge is 2.24. The second-order valence-electron chi connectivity index (χ2n) is 6.78. The third kappa shape index (κ3) is 5.25. The Morgan fingerprint density at radius 1 is 1.32 bits per heavy atom. The molecular formula is C19H25N7O3S2. The molecule has 0 atom stereocenters. The van der Waals surface area contributed by atoms with Gasteiger partial charge in [-0.3, -0.25) is 24.2 Å². The Hall–Kier alpha value is -2.86. The number of amides is 1. The number of hydrogen-bond donors (Lipinski definition) is 3. The number of thioether (sulfide) groups is 1. The van der Waals surface area contributed by atoms with Gasteiger partial charge in [-0.2, -0.15) is 0 Å². The molecule has 0 saturated carbocycles. The molecule has 31 heavy (non-hydrogen) atoms. The Labute approximate surface area is 186 Å². The molecule has 0 aliphatic rings. The molecule has 0 radical (unpaired) electrons. The summed E-state index contributed by atoms with van der Waals surface area (Å²) in [5.74, 6) is 0.361. The number of hydrogen-bond acceptors (Lipinski definition) is 8. The molecule has 10 nitrogen and oxygen atoms in total. The smallest absolute Gasteiger partial charge is 0.330 e. The third-order valence-electron chi connectivity index (χ3n) is 4.51. The van der Waals surface area contributed by atoms with E-state index in [2.05, 4.69) is 20.2 Å². The van der Waals surface area contributed by atoms with Crippen LogP contribution in [0.3, 0.4) is 0 Å². The summed E-state index contributed by atoms with van der Waals surface area (Å²) < 4.78 is 1.29. The second kappa shape index (κ2) is 10.4. The van der Waals surface area contributed by atoms with Gasteiger partial charge in [0.05, 0.1) is 10.6 Å². The molecule has 4 N–H and O–H groups in total. The fraction of sp³-hybridized carbons (Fsp3) is 0.421. The number of anilines is 2. The maximum absolute atomic E-state index is 13.1. The van der Waals surface area contributed by atoms with Crippen LogP contribution in [0, 0.1) is 0 Å². The number of H-pyrrole nitrogens is 2. The fourth-order valence-electron chi connectivity index (χ4n) is 3.00. The Morgan fingerprint density at radius 2 is 2.13 bits per heavy atom. The van der Waals surface area contributed by atoms with Crippen LogP contribution in [0.25, 0.3) is 10.7 Å². The zero-order valence-electron chi connectivity index (χ0n) is 17.4. The molecular weight excluding hydrogens is 438 g/mol. The van der Waals surface area contributed by atoms with Crippen LogP contribution in [0.15, 0.2) is 32.3 Å². The quantitative estimate of drug-likeness (QED) is 0.391. The molecule has 3 aromatic rings. The number of rotatable bonds is 10. The number of nitrogen functional groups attached to an aromatic ring is 1. The van der Waals surface area contributed by atoms with E-state index >= 15 is 0 Å². The molecule has 0 saturated heterocycles. The number of nitrogens with two attached hydrogens (primary N) is 1. The van der Waals surface area contributed by atoms with Crippen LogP contribution in [0.5, 0.6) is 0 Å². The summed E-state index contributed by atoms with van der Waals surface area (Å²) in [6, 6.07) is 3.85. The van der Waals surface area contributed by atoms with Gasteiger partial charge in [0.2, 0.25) is 11.1 Å². The van der Waals surface area contributed by atoms with E-state index in [1.54, 1.807) is 0 Å². The van der Waals surface area contributed by atoms with Gasteiger partial charge in [-0.25, -0.2) is 9.78 Å². The van der Waals surface area contributed by atoms with Crippen molar-refractivity contribution in [1.82, 2.24) is 24.7 Å². The molecule has 0 spiro atoms. The summed E-state index contributed by atoms with van der Waals surface area (Å²) in [6.07, 6.45) is 2.17. The van der Waals surface area contributed by atoms with E-state index in [1.807, 2.05) is 31.4 Å². The standard InChI is InChI=1S/C19H25N7O3S2/c1-3-5-9-25(14-15(20)26(8-4-2)19(29)22-17(14)28)13(27)11-31-18-21-16(23-24-18)12-7-6-10-30-12/h6-7,10H,3-5,8-9,11,20H2,1-2H3,(H,21,23,24)(H,22,28,29). The summed E-state index contributed by atoms with van der Waals surface area (Å²) in [4.78, 5) is 46.7. The number of nitrogens with one attached hydrogen (secondary N) is 2. The molecule has 0 fully saturated rings. The number of carbonyl (C=O) groups is 1. The van der Waals surface area contributed by atoms with Gasteiger partial charge < -0.3 is 10.6 Å². The van der Waals surface area contributed by atoms with Gasteiger partial charge in [0.1, 0.15) is 5.82 Å². The molecule has 166 valence electrons. The van der Waals surface area contributed by atoms with Gasteiger partial charge in [0.25, 0.3) is 5.56 Å². The molecule has 0 aliphatic carbocycles. The van der Waals surface area contributed by atoms with Crippen molar-refractivity contribution in [3.05, 3.63) is 38.4 Å². The average Bonchev–Trinajstić information content (AvgIpc) is 3.43. The molecule has 0 bridgehead atoms. The predicted molar refractivity (Wildman–Crippen MR) is 124 cm³/mol. The minimum atomic E-state index is -0.665. The van der Waals surface area contributed by atoms with Crippen molar-refractivity contribution in [2.75, 3.05) is 22.9 Å². The van der Waals surface area contributed by atoms with E-state index in [1.165, 1.54) is 32.6 Å². The zero-order valence-corrected chi connectivity index (χ0v) is 19.0. The zero-order chi connectivity index (χ0) is 22.4. The van der Waals surface area contributed by atoms with E-state index in [0.29, 0.717) is 36.9 Å². The van der Waals surface area contributed by atoms with Crippen LogP contribution in [0.4, 0.5) is 11.5 Å². The van der Waals surface area contributed by atoms with Crippen molar-refractivity contribution in [3.63, 3.8) is 0 Å². The number of unbranched alkanes of at least 4 members (excludes halogenated alkanes) is 1. The minimum absolute atomic E-state index is 0.00271. The maximum atomic E-state index is 13.1. The third-order valence-corrected chi connectivity index (χ3v) is 6.22. The summed E-state index contributed by atoms with van der Waals surface area (Å²) in [5.41, 5.74) is 4.93. The fourth-order valence-corrected chi connectivity index (χ4v) is 4.34. The first kappa shape index (κ1) is 22.8. The molecule has 12 heteroatoms. The molecule has 0 aromatic carbocycles. The van der Waals surface area contributed by atoms with Crippen LogP contribution < -0.4 is 21.9 Å². The van der Waals surface area contributed by atoms with Crippen molar-refractivity contribution in [2.24, 2.45) is 0 Å². The number of nitrogens with zero attached hydrogens (tertiary/aromatic N) is 4. The van der Waals surface area contributed by atoms with Crippen LogP contribution in [-0.2, 0) is 11.3 Å². The summed E-state index contributed by atoms with van der Waals surface area (Å²) >= 11 is 2.71. The lowest BCUT2D eigenvalue weighted by Gasteiger charge is -2.24. The summed E-state index contributed by atoms with van der Waals surface area (Å²) in [7, 11) is 0. The highest BCUT2D eigenvalue weighted by molar-refractivity contribution is 7.99. The molecule has 0 unspecified atom stereocenters. The lowest BCUT2D eigenvalue weighted by atomic mass is 10.2. The lowest BCUT2D eigenvalue weighted by Crippen LogP contribution is -2.42. The maximum Gasteiger partial charge on any atom is 0.330 e. The van der Waals surface area contributed by atoms with Crippen molar-refractivity contribution < 1.29 is 4.79 Å². The monoisotopic (exact) mass is 463 g/mol. The van der Waals surface area contributed by atoms with Gasteiger partial charge >= 0.3 is 5.69 Å². The molecule has 3 heterocycles. The minimum Gasteiger partial charge on any atom is -0.383 e. The largest absolute Gasteiger partial charge is 0.383 e. The van der Waals surface area contributed by atoms with Gasteiger partial charge in [-0.05, 0) is 24.3 Å². The highest BCUT2D eigenvalue weighted by atomic mass is 32.2. The number of aromatic amines is 2. The lowest BCUT2D eigenvalue weighted by molar-refractivity contribution is -0.116. The van der Waals surface area contributed by atoms with Gasteiger partial charge in [-0.15, -0.1) is 16.4 Å². The van der Waals surface area contributed by atoms with E-state index in [0.717, 1.165) is 11.3 Å². The van der Waals surface area contributed by atoms with Gasteiger partial charge in [0.15, 0.2) is 11.5 Å². The molecule has 0 aliphatic heterocycles. The molecule has 3 aromatic heterocycles. The Morgan fingerprint density at radius 3 is 2.81 bits per heavy atom. The molecule has 3 rings (SSSR count). The van der Waals surface area contributed by atoms with E-state index in [-0.39, 0.29) is 23.2 Å². The second-order valence-corrected chi connectivity index (χ2v) is 8.67. The predicted octanol–water partition coefficient (Wildman–Crippen LogP) is 2.30. The van der Waals surface area contributed by atoms with E-state index < -0.39 is 11.2 Å². The van der Waals surface area contributed by atoms with Crippen LogP contribution in [0.1, 0.15) is 33.1 Å². The number of thiophene rings is 1. The first-order valence-corrected chi connectivity index (χ1v) is 11.8. The van der Waals surface area contributed by atoms with Crippen LogP contribution in [0.2, 0.25) is 0 Å². The van der Waals surface area contributed by atoms with Crippen molar-refractivity contribution >= 4 is 40.5 Å². The number of aromatic nitrogens is 5. The van der Waals surface area contributed by atoms with Crippen LogP contribution in [-0.4, -0.2) is 42.9 Å². The van der Waals surface area contributed by atoms with Gasteiger partial charge in [0, 0.05) is 13.1 Å². The average molecular weight is 464 g/mol. The summed E-state index contributed by atoms with van der Waals surface area (Å²) in [6.45, 7) is 4.56. The first-order valence-electron chi connectivity index (χ1n) is 9.98. The molecule has 1 amide bonds. The number of carbonyl (C=O) groups excluding carboxylic acids is 1. The van der Waals surface area contributed by atoms with Crippen molar-refractivity contribution in [1.29, 1.82) is 0 Å². The van der Waals surface area contributed by atoms with Crippen LogP contribution >= 0.6 is 23.1 Å². The normalized spacial score (nSPS) is 11.0. The topological polar surface area (TPSA) is 143 Å². The van der Waals surface area contributed by atoms with E-state index in [9.17, 15) is 14.4 Å².